The molecule has 0 aliphatic heterocycles. The van der Waals surface area contributed by atoms with E-state index in [4.69, 9.17) is 0 Å². The van der Waals surface area contributed by atoms with Crippen molar-refractivity contribution in [3.05, 3.63) is 30.2 Å². The molecule has 0 fully saturated rings. The molecule has 0 saturated heterocycles. The van der Waals surface area contributed by atoms with Crippen molar-refractivity contribution in [2.45, 2.75) is 32.9 Å². The minimum Gasteiger partial charge on any atom is -0.305 e. The average molecular weight is 204 g/mol. The van der Waals surface area contributed by atoms with Gasteiger partial charge in [-0.15, -0.1) is 10.2 Å². The summed E-state index contributed by atoms with van der Waals surface area (Å²) in [6.07, 6.45) is 1.99. The Morgan fingerprint density at radius 3 is 2.73 bits per heavy atom. The highest BCUT2D eigenvalue weighted by atomic mass is 15.3. The number of fused-ring (bicyclic) bond motifs is 1. The lowest BCUT2D eigenvalue weighted by Crippen LogP contribution is -2.27. The van der Waals surface area contributed by atoms with E-state index < -0.39 is 0 Å². The highest BCUT2D eigenvalue weighted by Crippen LogP contribution is 2.11. The largest absolute Gasteiger partial charge is 0.305 e. The summed E-state index contributed by atoms with van der Waals surface area (Å²) in [5, 5.41) is 11.7. The van der Waals surface area contributed by atoms with E-state index in [9.17, 15) is 0 Å². The highest BCUT2D eigenvalue weighted by molar-refractivity contribution is 5.37. The van der Waals surface area contributed by atoms with Crippen LogP contribution in [0.1, 0.15) is 32.6 Å². The summed E-state index contributed by atoms with van der Waals surface area (Å²) in [5.74, 6) is 0.958. The van der Waals surface area contributed by atoms with E-state index in [1.807, 2.05) is 28.8 Å². The Hall–Kier alpha value is -1.42. The van der Waals surface area contributed by atoms with Crippen LogP contribution in [0.4, 0.5) is 0 Å². The molecule has 1 N–H and O–H groups in total. The van der Waals surface area contributed by atoms with E-state index in [1.165, 1.54) is 0 Å². The summed E-state index contributed by atoms with van der Waals surface area (Å²) in [7, 11) is 0. The van der Waals surface area contributed by atoms with E-state index in [1.54, 1.807) is 0 Å². The Balaban J connectivity index is 2.35. The van der Waals surface area contributed by atoms with Crippen molar-refractivity contribution in [2.24, 2.45) is 0 Å². The van der Waals surface area contributed by atoms with Crippen LogP contribution in [-0.2, 0) is 0 Å². The SMILES string of the molecule is CC(C)N[C@H](C)c1nnc2ccccn12. The molecule has 0 aliphatic carbocycles. The fraction of sp³-hybridized carbons (Fsp3) is 0.455. The Bertz CT molecular complexity index is 447. The maximum atomic E-state index is 4.20. The molecule has 80 valence electrons. The predicted octanol–water partition coefficient (Wildman–Crippen LogP) is 1.79. The first kappa shape index (κ1) is 10.1. The van der Waals surface area contributed by atoms with Gasteiger partial charge in [0.25, 0.3) is 0 Å². The van der Waals surface area contributed by atoms with Crippen molar-refractivity contribution in [1.29, 1.82) is 0 Å². The zero-order chi connectivity index (χ0) is 10.8. The van der Waals surface area contributed by atoms with Crippen molar-refractivity contribution in [2.75, 3.05) is 0 Å². The van der Waals surface area contributed by atoms with Crippen LogP contribution < -0.4 is 5.32 Å². The van der Waals surface area contributed by atoms with Gasteiger partial charge in [-0.1, -0.05) is 19.9 Å². The molecule has 1 atom stereocenters. The zero-order valence-corrected chi connectivity index (χ0v) is 9.31. The van der Waals surface area contributed by atoms with Gasteiger partial charge in [0.2, 0.25) is 0 Å². The van der Waals surface area contributed by atoms with Crippen molar-refractivity contribution in [1.82, 2.24) is 19.9 Å². The Labute approximate surface area is 89.3 Å². The number of hydrogen-bond acceptors (Lipinski definition) is 3. The highest BCUT2D eigenvalue weighted by Gasteiger charge is 2.13. The van der Waals surface area contributed by atoms with Gasteiger partial charge in [-0.25, -0.2) is 0 Å². The van der Waals surface area contributed by atoms with Gasteiger partial charge in [-0.2, -0.15) is 0 Å². The first-order chi connectivity index (χ1) is 7.18. The van der Waals surface area contributed by atoms with Gasteiger partial charge in [0.05, 0.1) is 6.04 Å². The topological polar surface area (TPSA) is 42.2 Å². The smallest absolute Gasteiger partial charge is 0.160 e. The lowest BCUT2D eigenvalue weighted by atomic mass is 10.2. The van der Waals surface area contributed by atoms with Crippen molar-refractivity contribution in [3.8, 4) is 0 Å². The molecule has 0 radical (unpaired) electrons. The van der Waals surface area contributed by atoms with E-state index >= 15 is 0 Å². The van der Waals surface area contributed by atoms with E-state index in [-0.39, 0.29) is 6.04 Å². The monoisotopic (exact) mass is 204 g/mol. The van der Waals surface area contributed by atoms with Crippen LogP contribution in [0, 0.1) is 0 Å². The van der Waals surface area contributed by atoms with Gasteiger partial charge in [0.15, 0.2) is 11.5 Å². The third-order valence-electron chi connectivity index (χ3n) is 2.31. The summed E-state index contributed by atoms with van der Waals surface area (Å²) in [6.45, 7) is 6.35. The standard InChI is InChI=1S/C11H16N4/c1-8(2)12-9(3)11-14-13-10-6-4-5-7-15(10)11/h4-9,12H,1-3H3/t9-/m1/s1. The molecule has 2 aromatic rings. The maximum Gasteiger partial charge on any atom is 0.160 e. The minimum atomic E-state index is 0.211. The zero-order valence-electron chi connectivity index (χ0n) is 9.31. The summed E-state index contributed by atoms with van der Waals surface area (Å²) in [6, 6.07) is 6.56. The first-order valence-electron chi connectivity index (χ1n) is 5.24. The van der Waals surface area contributed by atoms with E-state index in [0.717, 1.165) is 11.5 Å². The summed E-state index contributed by atoms with van der Waals surface area (Å²) in [4.78, 5) is 0. The molecule has 0 aromatic carbocycles. The van der Waals surface area contributed by atoms with E-state index in [2.05, 4.69) is 36.3 Å². The quantitative estimate of drug-likeness (QED) is 0.828. The van der Waals surface area contributed by atoms with Crippen molar-refractivity contribution >= 4 is 5.65 Å². The molecule has 0 bridgehead atoms. The van der Waals surface area contributed by atoms with Gasteiger partial charge in [-0.3, -0.25) is 4.40 Å². The lowest BCUT2D eigenvalue weighted by molar-refractivity contribution is 0.484. The van der Waals surface area contributed by atoms with Crippen LogP contribution in [0.15, 0.2) is 24.4 Å². The predicted molar refractivity (Wildman–Crippen MR) is 59.7 cm³/mol. The molecule has 2 heterocycles. The summed E-state index contributed by atoms with van der Waals surface area (Å²) in [5.41, 5.74) is 0.893. The Kier molecular flexibility index (Phi) is 2.68. The van der Waals surface area contributed by atoms with Gasteiger partial charge in [-0.05, 0) is 19.1 Å². The third kappa shape index (κ3) is 1.99. The van der Waals surface area contributed by atoms with Gasteiger partial charge >= 0.3 is 0 Å². The lowest BCUT2D eigenvalue weighted by Gasteiger charge is -2.14. The normalized spacial score (nSPS) is 13.6. The number of rotatable bonds is 3. The molecule has 0 saturated carbocycles. The fourth-order valence-corrected chi connectivity index (χ4v) is 1.73. The Morgan fingerprint density at radius 2 is 2.00 bits per heavy atom. The third-order valence-corrected chi connectivity index (χ3v) is 2.31. The molecule has 15 heavy (non-hydrogen) atoms. The number of nitrogens with one attached hydrogen (secondary N) is 1. The molecule has 0 unspecified atom stereocenters. The number of nitrogens with zero attached hydrogens (tertiary/aromatic N) is 3. The van der Waals surface area contributed by atoms with Crippen LogP contribution >= 0.6 is 0 Å². The van der Waals surface area contributed by atoms with Crippen LogP contribution in [-0.4, -0.2) is 20.6 Å². The van der Waals surface area contributed by atoms with Crippen LogP contribution in [0.3, 0.4) is 0 Å². The van der Waals surface area contributed by atoms with Gasteiger partial charge in [0, 0.05) is 12.2 Å². The molecule has 0 aliphatic rings. The number of aromatic nitrogens is 3. The molecule has 2 aromatic heterocycles. The average Bonchev–Trinajstić information content (AvgIpc) is 2.59. The Morgan fingerprint density at radius 1 is 1.20 bits per heavy atom. The first-order valence-corrected chi connectivity index (χ1v) is 5.24. The van der Waals surface area contributed by atoms with Crippen LogP contribution in [0.25, 0.3) is 5.65 Å². The molecule has 0 spiro atoms. The molecular weight excluding hydrogens is 188 g/mol. The second-order valence-electron chi connectivity index (χ2n) is 4.03. The fourth-order valence-electron chi connectivity index (χ4n) is 1.73. The number of pyridine rings is 1. The van der Waals surface area contributed by atoms with Crippen molar-refractivity contribution < 1.29 is 0 Å². The molecule has 4 nitrogen and oxygen atoms in total. The molecule has 4 heteroatoms. The molecular formula is C11H16N4. The summed E-state index contributed by atoms with van der Waals surface area (Å²) < 4.78 is 2.01. The minimum absolute atomic E-state index is 0.211. The summed E-state index contributed by atoms with van der Waals surface area (Å²) >= 11 is 0. The van der Waals surface area contributed by atoms with Gasteiger partial charge < -0.3 is 5.32 Å². The maximum absolute atomic E-state index is 4.20. The van der Waals surface area contributed by atoms with Crippen molar-refractivity contribution in [3.63, 3.8) is 0 Å². The van der Waals surface area contributed by atoms with Crippen LogP contribution in [0.5, 0.6) is 0 Å². The molecule has 0 amide bonds. The second-order valence-corrected chi connectivity index (χ2v) is 4.03. The van der Waals surface area contributed by atoms with Gasteiger partial charge in [0.1, 0.15) is 0 Å². The second kappa shape index (κ2) is 3.98. The molecule has 2 rings (SSSR count). The number of hydrogen-bond donors (Lipinski definition) is 1. The van der Waals surface area contributed by atoms with Crippen LogP contribution in [0.2, 0.25) is 0 Å². The van der Waals surface area contributed by atoms with E-state index in [0.29, 0.717) is 6.04 Å².